The Balaban J connectivity index is 1.44. The lowest BCUT2D eigenvalue weighted by atomic mass is 10.1. The zero-order valence-electron chi connectivity index (χ0n) is 17.4. The number of nitrogens with zero attached hydrogens (tertiary/aromatic N) is 3. The van der Waals surface area contributed by atoms with Gasteiger partial charge in [-0.1, -0.05) is 30.3 Å². The molecule has 1 saturated carbocycles. The summed E-state index contributed by atoms with van der Waals surface area (Å²) in [4.78, 5) is 19.3. The van der Waals surface area contributed by atoms with Crippen molar-refractivity contribution < 1.29 is 9.53 Å². The molecule has 1 heterocycles. The minimum absolute atomic E-state index is 0.194. The Morgan fingerprint density at radius 2 is 1.78 bits per heavy atom. The van der Waals surface area contributed by atoms with Crippen molar-refractivity contribution in [2.24, 2.45) is 0 Å². The molecule has 2 aliphatic rings. The lowest BCUT2D eigenvalue weighted by Gasteiger charge is -2.38. The maximum absolute atomic E-state index is 12.3. The van der Waals surface area contributed by atoms with Gasteiger partial charge < -0.3 is 9.64 Å². The molecule has 1 aliphatic heterocycles. The highest BCUT2D eigenvalue weighted by molar-refractivity contribution is 5.68. The van der Waals surface area contributed by atoms with Crippen molar-refractivity contribution >= 4 is 6.09 Å². The molecule has 5 nitrogen and oxygen atoms in total. The molecular formula is C22H35N3O2. The van der Waals surface area contributed by atoms with Crippen LogP contribution in [0.25, 0.3) is 0 Å². The second-order valence-electron chi connectivity index (χ2n) is 9.01. The van der Waals surface area contributed by atoms with Gasteiger partial charge in [-0.2, -0.15) is 0 Å². The van der Waals surface area contributed by atoms with Gasteiger partial charge in [0.25, 0.3) is 0 Å². The molecule has 1 aromatic rings. The van der Waals surface area contributed by atoms with Crippen molar-refractivity contribution in [1.82, 2.24) is 14.7 Å². The molecule has 0 spiro atoms. The molecule has 0 unspecified atom stereocenters. The summed E-state index contributed by atoms with van der Waals surface area (Å²) < 4.78 is 5.53. The molecule has 2 fully saturated rings. The summed E-state index contributed by atoms with van der Waals surface area (Å²) in [6.45, 7) is 11.3. The molecule has 0 radical (unpaired) electrons. The van der Waals surface area contributed by atoms with Crippen LogP contribution in [0.15, 0.2) is 30.3 Å². The zero-order chi connectivity index (χ0) is 19.4. The number of ether oxygens (including phenoxy) is 1. The fraction of sp³-hybridized carbons (Fsp3) is 0.682. The number of carbonyl (C=O) groups excluding carboxylic acids is 1. The highest BCUT2D eigenvalue weighted by Crippen LogP contribution is 2.29. The van der Waals surface area contributed by atoms with Crippen LogP contribution in [0.5, 0.6) is 0 Å². The van der Waals surface area contributed by atoms with Crippen molar-refractivity contribution in [3.05, 3.63) is 35.9 Å². The van der Waals surface area contributed by atoms with Crippen molar-refractivity contribution in [3.63, 3.8) is 0 Å². The van der Waals surface area contributed by atoms with Gasteiger partial charge in [0, 0.05) is 51.9 Å². The predicted molar refractivity (Wildman–Crippen MR) is 109 cm³/mol. The minimum Gasteiger partial charge on any atom is -0.444 e. The predicted octanol–water partition coefficient (Wildman–Crippen LogP) is 3.59. The third-order valence-corrected chi connectivity index (χ3v) is 5.78. The van der Waals surface area contributed by atoms with Crippen molar-refractivity contribution in [3.8, 4) is 0 Å². The van der Waals surface area contributed by atoms with E-state index in [1.807, 2.05) is 32.7 Å². The van der Waals surface area contributed by atoms with E-state index >= 15 is 0 Å². The average Bonchev–Trinajstić information content (AvgIpc) is 3.11. The third kappa shape index (κ3) is 5.69. The summed E-state index contributed by atoms with van der Waals surface area (Å²) >= 11 is 0. The second-order valence-corrected chi connectivity index (χ2v) is 9.01. The number of benzene rings is 1. The average molecular weight is 374 g/mol. The Morgan fingerprint density at radius 1 is 1.11 bits per heavy atom. The van der Waals surface area contributed by atoms with E-state index in [4.69, 9.17) is 4.74 Å². The van der Waals surface area contributed by atoms with Crippen molar-refractivity contribution in [2.45, 2.75) is 64.3 Å². The summed E-state index contributed by atoms with van der Waals surface area (Å²) in [5.74, 6) is 0. The van der Waals surface area contributed by atoms with E-state index in [1.54, 1.807) is 0 Å². The first-order valence-electron chi connectivity index (χ1n) is 10.3. The maximum Gasteiger partial charge on any atom is 0.410 e. The summed E-state index contributed by atoms with van der Waals surface area (Å²) in [5.41, 5.74) is 0.962. The Kier molecular flexibility index (Phi) is 6.43. The smallest absolute Gasteiger partial charge is 0.410 e. The third-order valence-electron chi connectivity index (χ3n) is 5.78. The molecule has 0 N–H and O–H groups in total. The van der Waals surface area contributed by atoms with Crippen LogP contribution in [0.4, 0.5) is 4.79 Å². The SMILES string of the molecule is CN(C(=O)OC(C)(C)C)[C@@H]1CC[C@H](N2CCN(Cc3ccccc3)CC2)C1. The van der Waals surface area contributed by atoms with E-state index in [0.29, 0.717) is 12.1 Å². The highest BCUT2D eigenvalue weighted by Gasteiger charge is 2.35. The molecule has 1 amide bonds. The van der Waals surface area contributed by atoms with Crippen molar-refractivity contribution in [1.29, 1.82) is 0 Å². The molecule has 1 saturated heterocycles. The van der Waals surface area contributed by atoms with Crippen molar-refractivity contribution in [2.75, 3.05) is 33.2 Å². The lowest BCUT2D eigenvalue weighted by Crippen LogP contribution is -2.49. The molecular weight excluding hydrogens is 338 g/mol. The molecule has 1 aromatic carbocycles. The van der Waals surface area contributed by atoms with Gasteiger partial charge in [-0.15, -0.1) is 0 Å². The van der Waals surface area contributed by atoms with Gasteiger partial charge in [0.1, 0.15) is 5.60 Å². The molecule has 2 atom stereocenters. The number of piperazine rings is 1. The second kappa shape index (κ2) is 8.61. The van der Waals surface area contributed by atoms with Crippen LogP contribution in [0.1, 0.15) is 45.6 Å². The van der Waals surface area contributed by atoms with Gasteiger partial charge in [-0.25, -0.2) is 4.79 Å². The Morgan fingerprint density at radius 3 is 2.41 bits per heavy atom. The lowest BCUT2D eigenvalue weighted by molar-refractivity contribution is 0.0215. The van der Waals surface area contributed by atoms with Gasteiger partial charge in [0.15, 0.2) is 0 Å². The summed E-state index contributed by atoms with van der Waals surface area (Å²) in [5, 5.41) is 0. The normalized spacial score (nSPS) is 24.7. The van der Waals surface area contributed by atoms with E-state index in [1.165, 1.54) is 12.0 Å². The van der Waals surface area contributed by atoms with Gasteiger partial charge in [-0.3, -0.25) is 9.80 Å². The molecule has 150 valence electrons. The number of hydrogen-bond acceptors (Lipinski definition) is 4. The topological polar surface area (TPSA) is 36.0 Å². The molecule has 3 rings (SSSR count). The maximum atomic E-state index is 12.3. The van der Waals surface area contributed by atoms with E-state index in [0.717, 1.165) is 45.6 Å². The quantitative estimate of drug-likeness (QED) is 0.808. The molecule has 0 bridgehead atoms. The van der Waals surface area contributed by atoms with E-state index in [2.05, 4.69) is 40.1 Å². The van der Waals surface area contributed by atoms with Crippen LogP contribution < -0.4 is 0 Å². The summed E-state index contributed by atoms with van der Waals surface area (Å²) in [7, 11) is 1.89. The van der Waals surface area contributed by atoms with Crippen LogP contribution in [0, 0.1) is 0 Å². The first kappa shape index (κ1) is 20.2. The van der Waals surface area contributed by atoms with Gasteiger partial charge >= 0.3 is 6.09 Å². The molecule has 5 heteroatoms. The largest absolute Gasteiger partial charge is 0.444 e. The summed E-state index contributed by atoms with van der Waals surface area (Å²) in [6.07, 6.45) is 3.12. The van der Waals surface area contributed by atoms with E-state index < -0.39 is 5.60 Å². The molecule has 1 aliphatic carbocycles. The van der Waals surface area contributed by atoms with Crippen LogP contribution in [0.2, 0.25) is 0 Å². The zero-order valence-corrected chi connectivity index (χ0v) is 17.4. The van der Waals surface area contributed by atoms with Gasteiger partial charge in [0.05, 0.1) is 0 Å². The fourth-order valence-corrected chi connectivity index (χ4v) is 4.23. The van der Waals surface area contributed by atoms with E-state index in [-0.39, 0.29) is 6.09 Å². The fourth-order valence-electron chi connectivity index (χ4n) is 4.23. The summed E-state index contributed by atoms with van der Waals surface area (Å²) in [6, 6.07) is 11.6. The standard InChI is InChI=1S/C22H35N3O2/c1-22(2,3)27-21(26)23(4)19-10-11-20(16-19)25-14-12-24(13-15-25)17-18-8-6-5-7-9-18/h5-9,19-20H,10-17H2,1-4H3/t19-,20+/m1/s1. The van der Waals surface area contributed by atoms with Crippen LogP contribution in [-0.4, -0.2) is 71.7 Å². The van der Waals surface area contributed by atoms with Gasteiger partial charge in [-0.05, 0) is 45.6 Å². The van der Waals surface area contributed by atoms with Crippen LogP contribution in [0.3, 0.4) is 0 Å². The van der Waals surface area contributed by atoms with Crippen LogP contribution in [-0.2, 0) is 11.3 Å². The number of hydrogen-bond donors (Lipinski definition) is 0. The highest BCUT2D eigenvalue weighted by atomic mass is 16.6. The minimum atomic E-state index is -0.432. The monoisotopic (exact) mass is 373 g/mol. The first-order chi connectivity index (χ1) is 12.8. The Hall–Kier alpha value is -1.59. The van der Waals surface area contributed by atoms with E-state index in [9.17, 15) is 4.79 Å². The van der Waals surface area contributed by atoms with Gasteiger partial charge in [0.2, 0.25) is 0 Å². The number of carbonyl (C=O) groups is 1. The molecule has 0 aromatic heterocycles. The number of rotatable bonds is 4. The van der Waals surface area contributed by atoms with Crippen LogP contribution >= 0.6 is 0 Å². The Bertz CT molecular complexity index is 606. The first-order valence-corrected chi connectivity index (χ1v) is 10.3. The molecule has 27 heavy (non-hydrogen) atoms. The Labute approximate surface area is 164 Å². The number of amides is 1.